The molecule has 0 radical (unpaired) electrons. The molecule has 0 saturated carbocycles. The number of halogens is 3. The van der Waals surface area contributed by atoms with E-state index in [0.29, 0.717) is 11.3 Å². The molecule has 2 aromatic carbocycles. The Bertz CT molecular complexity index is 1260. The van der Waals surface area contributed by atoms with Gasteiger partial charge in [0.1, 0.15) is 34.4 Å². The molecular formula is C23H16ClF2N3O3. The molecule has 0 spiro atoms. The van der Waals surface area contributed by atoms with E-state index >= 15 is 0 Å². The van der Waals surface area contributed by atoms with Crippen LogP contribution >= 0.6 is 11.6 Å². The van der Waals surface area contributed by atoms with Crippen molar-refractivity contribution in [3.05, 3.63) is 94.3 Å². The Morgan fingerprint density at radius 2 is 1.94 bits per heavy atom. The van der Waals surface area contributed by atoms with E-state index in [4.69, 9.17) is 20.9 Å². The first kappa shape index (κ1) is 21.5. The van der Waals surface area contributed by atoms with Gasteiger partial charge >= 0.3 is 0 Å². The Balaban J connectivity index is 1.50. The summed E-state index contributed by atoms with van der Waals surface area (Å²) in [7, 11) is 0. The Kier molecular flexibility index (Phi) is 6.13. The number of ether oxygens (including phenoxy) is 1. The minimum atomic E-state index is -0.614. The molecule has 6 nitrogen and oxygen atoms in total. The fraction of sp³-hybridized carbons (Fsp3) is 0.0870. The fourth-order valence-corrected chi connectivity index (χ4v) is 3.30. The maximum Gasteiger partial charge on any atom is 0.257 e. The number of aryl methyl sites for hydroxylation is 1. The van der Waals surface area contributed by atoms with Crippen LogP contribution in [0.5, 0.6) is 11.6 Å². The molecule has 32 heavy (non-hydrogen) atoms. The van der Waals surface area contributed by atoms with Crippen LogP contribution in [0, 0.1) is 18.6 Å². The number of carbonyl (C=O) groups excluding carboxylic acids is 1. The average molecular weight is 456 g/mol. The molecule has 0 unspecified atom stereocenters. The number of carbonyl (C=O) groups is 1. The zero-order chi connectivity index (χ0) is 22.7. The SMILES string of the molecule is Cc1onc(-c2c(F)cccc2Cl)c1C(=O)NCc1ccnc(Oc2ccc(F)cc2)c1. The van der Waals surface area contributed by atoms with Crippen LogP contribution in [0.2, 0.25) is 5.02 Å². The molecule has 0 saturated heterocycles. The normalized spacial score (nSPS) is 10.8. The lowest BCUT2D eigenvalue weighted by Gasteiger charge is -2.09. The van der Waals surface area contributed by atoms with Crippen molar-refractivity contribution in [1.82, 2.24) is 15.5 Å². The molecule has 0 aliphatic rings. The fourth-order valence-electron chi connectivity index (χ4n) is 3.04. The summed E-state index contributed by atoms with van der Waals surface area (Å²) >= 11 is 6.12. The van der Waals surface area contributed by atoms with Gasteiger partial charge in [-0.1, -0.05) is 22.8 Å². The molecule has 0 aliphatic carbocycles. The Morgan fingerprint density at radius 1 is 1.16 bits per heavy atom. The van der Waals surface area contributed by atoms with E-state index in [2.05, 4.69) is 15.5 Å². The first-order valence-electron chi connectivity index (χ1n) is 9.49. The smallest absolute Gasteiger partial charge is 0.257 e. The topological polar surface area (TPSA) is 77.3 Å². The highest BCUT2D eigenvalue weighted by molar-refractivity contribution is 6.33. The van der Waals surface area contributed by atoms with Crippen molar-refractivity contribution in [3.63, 3.8) is 0 Å². The van der Waals surface area contributed by atoms with Gasteiger partial charge in [0.15, 0.2) is 0 Å². The predicted octanol–water partition coefficient (Wildman–Crippen LogP) is 5.70. The highest BCUT2D eigenvalue weighted by Crippen LogP contribution is 2.33. The second kappa shape index (κ2) is 9.15. The molecular weight excluding hydrogens is 440 g/mol. The van der Waals surface area contributed by atoms with E-state index in [-0.39, 0.29) is 45.8 Å². The number of nitrogens with zero attached hydrogens (tertiary/aromatic N) is 2. The number of hydrogen-bond donors (Lipinski definition) is 1. The summed E-state index contributed by atoms with van der Waals surface area (Å²) in [5, 5.41) is 6.70. The van der Waals surface area contributed by atoms with E-state index in [1.54, 1.807) is 19.1 Å². The van der Waals surface area contributed by atoms with Crippen molar-refractivity contribution in [3.8, 4) is 22.9 Å². The van der Waals surface area contributed by atoms with Crippen LogP contribution in [-0.4, -0.2) is 16.0 Å². The maximum atomic E-state index is 14.3. The standard InChI is InChI=1S/C23H16ClF2N3O3/c1-13-20(22(29-32-13)21-17(24)3-2-4-18(21)26)23(30)28-12-14-9-10-27-19(11-14)31-16-7-5-15(25)6-8-16/h2-11H,12H2,1H3,(H,28,30). The quantitative estimate of drug-likeness (QED) is 0.403. The van der Waals surface area contributed by atoms with Gasteiger partial charge in [-0.25, -0.2) is 13.8 Å². The molecule has 2 aromatic heterocycles. The van der Waals surface area contributed by atoms with Crippen LogP contribution in [0.3, 0.4) is 0 Å². The van der Waals surface area contributed by atoms with Gasteiger partial charge in [-0.15, -0.1) is 0 Å². The molecule has 9 heteroatoms. The summed E-state index contributed by atoms with van der Waals surface area (Å²) in [6.07, 6.45) is 1.52. The van der Waals surface area contributed by atoms with Crippen molar-refractivity contribution in [2.24, 2.45) is 0 Å². The number of nitrogens with one attached hydrogen (secondary N) is 1. The number of amides is 1. The number of hydrogen-bond acceptors (Lipinski definition) is 5. The first-order chi connectivity index (χ1) is 15.4. The second-order valence-corrected chi connectivity index (χ2v) is 7.21. The van der Waals surface area contributed by atoms with Gasteiger partial charge in [-0.05, 0) is 55.0 Å². The van der Waals surface area contributed by atoms with Crippen molar-refractivity contribution in [2.75, 3.05) is 0 Å². The van der Waals surface area contributed by atoms with E-state index in [1.807, 2.05) is 0 Å². The van der Waals surface area contributed by atoms with E-state index < -0.39 is 11.7 Å². The van der Waals surface area contributed by atoms with Gasteiger partial charge in [0.05, 0.1) is 10.6 Å². The highest BCUT2D eigenvalue weighted by atomic mass is 35.5. The Morgan fingerprint density at radius 3 is 2.69 bits per heavy atom. The van der Waals surface area contributed by atoms with Crippen LogP contribution in [0.25, 0.3) is 11.3 Å². The summed E-state index contributed by atoms with van der Waals surface area (Å²) in [4.78, 5) is 17.0. The van der Waals surface area contributed by atoms with Gasteiger partial charge < -0.3 is 14.6 Å². The summed E-state index contributed by atoms with van der Waals surface area (Å²) in [6.45, 7) is 1.69. The third-order valence-electron chi connectivity index (χ3n) is 4.58. The van der Waals surface area contributed by atoms with Crippen LogP contribution in [0.15, 0.2) is 65.3 Å². The van der Waals surface area contributed by atoms with Crippen molar-refractivity contribution >= 4 is 17.5 Å². The third-order valence-corrected chi connectivity index (χ3v) is 4.89. The van der Waals surface area contributed by atoms with Gasteiger partial charge in [0, 0.05) is 18.8 Å². The largest absolute Gasteiger partial charge is 0.439 e. The van der Waals surface area contributed by atoms with E-state index in [1.165, 1.54) is 48.7 Å². The zero-order valence-corrected chi connectivity index (χ0v) is 17.5. The first-order valence-corrected chi connectivity index (χ1v) is 9.87. The lowest BCUT2D eigenvalue weighted by Crippen LogP contribution is -2.23. The molecule has 1 amide bonds. The number of rotatable bonds is 6. The second-order valence-electron chi connectivity index (χ2n) is 6.80. The lowest BCUT2D eigenvalue weighted by molar-refractivity contribution is 0.0950. The van der Waals surface area contributed by atoms with Gasteiger partial charge in [0.25, 0.3) is 5.91 Å². The summed E-state index contributed by atoms with van der Waals surface area (Å²) in [5.41, 5.74) is 0.812. The maximum absolute atomic E-state index is 14.3. The van der Waals surface area contributed by atoms with Gasteiger partial charge in [-0.2, -0.15) is 0 Å². The molecule has 2 heterocycles. The summed E-state index contributed by atoms with van der Waals surface area (Å²) in [5.74, 6) is -0.559. The van der Waals surface area contributed by atoms with Gasteiger partial charge in [0.2, 0.25) is 5.88 Å². The van der Waals surface area contributed by atoms with Crippen LogP contribution in [0.1, 0.15) is 21.7 Å². The predicted molar refractivity (Wildman–Crippen MR) is 114 cm³/mol. The van der Waals surface area contributed by atoms with E-state index in [9.17, 15) is 13.6 Å². The molecule has 162 valence electrons. The minimum absolute atomic E-state index is 0.00457. The lowest BCUT2D eigenvalue weighted by atomic mass is 10.0. The van der Waals surface area contributed by atoms with Crippen molar-refractivity contribution < 1.29 is 22.8 Å². The molecule has 0 fully saturated rings. The summed E-state index contributed by atoms with van der Waals surface area (Å²) in [6, 6.07) is 13.1. The van der Waals surface area contributed by atoms with Crippen molar-refractivity contribution in [2.45, 2.75) is 13.5 Å². The molecule has 0 aliphatic heterocycles. The summed E-state index contributed by atoms with van der Waals surface area (Å²) < 4.78 is 38.1. The number of aromatic nitrogens is 2. The molecule has 4 aromatic rings. The van der Waals surface area contributed by atoms with Crippen LogP contribution in [-0.2, 0) is 6.54 Å². The molecule has 4 rings (SSSR count). The Labute approximate surface area is 186 Å². The minimum Gasteiger partial charge on any atom is -0.439 e. The molecule has 0 bridgehead atoms. The third kappa shape index (κ3) is 4.60. The Hall–Kier alpha value is -3.78. The highest BCUT2D eigenvalue weighted by Gasteiger charge is 2.25. The van der Waals surface area contributed by atoms with Gasteiger partial charge in [-0.3, -0.25) is 4.79 Å². The van der Waals surface area contributed by atoms with E-state index in [0.717, 1.165) is 0 Å². The molecule has 0 atom stereocenters. The van der Waals surface area contributed by atoms with Crippen molar-refractivity contribution in [1.29, 1.82) is 0 Å². The molecule has 1 N–H and O–H groups in total. The number of benzene rings is 2. The zero-order valence-electron chi connectivity index (χ0n) is 16.7. The average Bonchev–Trinajstić information content (AvgIpc) is 3.15. The monoisotopic (exact) mass is 455 g/mol. The van der Waals surface area contributed by atoms with Crippen LogP contribution in [0.4, 0.5) is 8.78 Å². The van der Waals surface area contributed by atoms with Crippen LogP contribution < -0.4 is 10.1 Å². The number of pyridine rings is 1.